The van der Waals surface area contributed by atoms with Crippen LogP contribution in [0.25, 0.3) is 10.8 Å². The molecule has 0 bridgehead atoms. The molecule has 55 heavy (non-hydrogen) atoms. The van der Waals surface area contributed by atoms with Gasteiger partial charge in [-0.05, 0) is 96.4 Å². The Morgan fingerprint density at radius 2 is 1.85 bits per heavy atom. The van der Waals surface area contributed by atoms with Gasteiger partial charge in [-0.2, -0.15) is 0 Å². The van der Waals surface area contributed by atoms with Crippen molar-refractivity contribution in [1.29, 1.82) is 0 Å². The molecule has 2 aliphatic carbocycles. The third-order valence-corrected chi connectivity index (χ3v) is 13.2. The second-order valence-electron chi connectivity index (χ2n) is 16.5. The predicted octanol–water partition coefficient (Wildman–Crippen LogP) is 6.44. The van der Waals surface area contributed by atoms with Crippen LogP contribution in [0.15, 0.2) is 42.6 Å². The lowest BCUT2D eigenvalue weighted by atomic mass is 9.85. The lowest BCUT2D eigenvalue weighted by Gasteiger charge is -2.34. The third kappa shape index (κ3) is 9.47. The number of carbonyl (C=O) groups is 4. The van der Waals surface area contributed by atoms with Crippen molar-refractivity contribution in [2.45, 2.75) is 134 Å². The van der Waals surface area contributed by atoms with Crippen molar-refractivity contribution in [3.05, 3.63) is 42.6 Å². The molecule has 2 aromatic rings. The number of hydrogen-bond acceptors (Lipinski definition) is 8. The highest BCUT2D eigenvalue weighted by Crippen LogP contribution is 2.47. The van der Waals surface area contributed by atoms with Crippen molar-refractivity contribution in [2.24, 2.45) is 17.8 Å². The quantitative estimate of drug-likeness (QED) is 0.195. The van der Waals surface area contributed by atoms with Gasteiger partial charge >= 0.3 is 6.09 Å². The summed E-state index contributed by atoms with van der Waals surface area (Å²) in [6.07, 6.45) is 10.3. The fourth-order valence-corrected chi connectivity index (χ4v) is 9.70. The first kappa shape index (κ1) is 40.5. The zero-order chi connectivity index (χ0) is 39.5. The van der Waals surface area contributed by atoms with Crippen molar-refractivity contribution in [2.75, 3.05) is 13.2 Å². The zero-order valence-electron chi connectivity index (χ0n) is 33.4. The molecule has 1 unspecified atom stereocenters. The monoisotopic (exact) mass is 777 g/mol. The van der Waals surface area contributed by atoms with Crippen molar-refractivity contribution in [3.8, 4) is 11.6 Å². The first-order valence-corrected chi connectivity index (χ1v) is 21.4. The highest BCUT2D eigenvalue weighted by Gasteiger charge is 2.61. The Labute approximate surface area is 327 Å². The van der Waals surface area contributed by atoms with Gasteiger partial charge in [0.1, 0.15) is 35.1 Å². The van der Waals surface area contributed by atoms with E-state index in [0.717, 1.165) is 36.5 Å². The second-order valence-corrected chi connectivity index (χ2v) is 18.6. The van der Waals surface area contributed by atoms with Gasteiger partial charge in [-0.3, -0.25) is 14.4 Å². The molecule has 0 radical (unpaired) electrons. The molecular weight excluding hydrogens is 719 g/mol. The number of benzene rings is 1. The number of alkyl carbamates (subject to hydrolysis) is 1. The maximum absolute atomic E-state index is 15.0. The molecule has 3 N–H and O–H groups in total. The summed E-state index contributed by atoms with van der Waals surface area (Å²) in [5.41, 5.74) is -1.90. The standard InChI is InChI=1S/C42H59N5O7S/c1-8-27-21-26(4)15-11-12-16-28-23-42(28,39(50)46-55(10-3)30-19-20-30)45-36(48)33-22-29(25-47(33)38(49)35(27)44-40(51)54-41(5,6)7)53-37-32-18-14-13-17-31(32)34(24-43-37)52-9-2/h10,12-14,16-18,24,26-30,33,35H,8-9,11,15,19-23,25H2,1-7H3,(H,44,51)(H,45,48)(H,46,50)/b16-12-/t26-,27-,28-,29-,33+,35+,42-,55?/m1/s1. The van der Waals surface area contributed by atoms with E-state index in [-0.39, 0.29) is 53.2 Å². The third-order valence-electron chi connectivity index (χ3n) is 11.1. The van der Waals surface area contributed by atoms with Gasteiger partial charge in [0.2, 0.25) is 17.7 Å². The molecule has 2 aliphatic heterocycles. The Morgan fingerprint density at radius 1 is 1.11 bits per heavy atom. The van der Waals surface area contributed by atoms with Crippen LogP contribution in [0.1, 0.15) is 99.8 Å². The molecule has 1 saturated heterocycles. The number of pyridine rings is 1. The van der Waals surface area contributed by atoms with Gasteiger partial charge in [-0.15, -0.1) is 0 Å². The van der Waals surface area contributed by atoms with E-state index < -0.39 is 41.3 Å². The minimum atomic E-state index is -1.12. The highest BCUT2D eigenvalue weighted by molar-refractivity contribution is 8.14. The first-order valence-electron chi connectivity index (χ1n) is 20.0. The van der Waals surface area contributed by atoms with Crippen LogP contribution >= 0.6 is 10.7 Å². The van der Waals surface area contributed by atoms with Gasteiger partial charge in [0.05, 0.1) is 19.3 Å². The van der Waals surface area contributed by atoms with Crippen molar-refractivity contribution < 1.29 is 33.4 Å². The van der Waals surface area contributed by atoms with Gasteiger partial charge in [0, 0.05) is 28.4 Å². The Balaban J connectivity index is 1.36. The van der Waals surface area contributed by atoms with Crippen LogP contribution in [0.3, 0.4) is 0 Å². The topological polar surface area (TPSA) is 148 Å². The van der Waals surface area contributed by atoms with Gasteiger partial charge in [0.15, 0.2) is 0 Å². The smallest absolute Gasteiger partial charge is 0.408 e. The largest absolute Gasteiger partial charge is 0.492 e. The van der Waals surface area contributed by atoms with E-state index in [1.807, 2.05) is 45.0 Å². The molecule has 3 fully saturated rings. The van der Waals surface area contributed by atoms with Crippen LogP contribution in [0.2, 0.25) is 0 Å². The van der Waals surface area contributed by atoms with E-state index in [4.69, 9.17) is 14.2 Å². The summed E-state index contributed by atoms with van der Waals surface area (Å²) in [4.78, 5) is 63.3. The summed E-state index contributed by atoms with van der Waals surface area (Å²) < 4.78 is 21.3. The van der Waals surface area contributed by atoms with Crippen molar-refractivity contribution >= 4 is 50.6 Å². The molecule has 13 heteroatoms. The molecule has 6 rings (SSSR count). The molecule has 1 aromatic heterocycles. The second kappa shape index (κ2) is 16.9. The molecular formula is C42H59N5O7S. The number of amides is 4. The fourth-order valence-electron chi connectivity index (χ4n) is 7.99. The summed E-state index contributed by atoms with van der Waals surface area (Å²) in [5, 5.41) is 10.2. The van der Waals surface area contributed by atoms with E-state index in [1.54, 1.807) is 31.9 Å². The molecule has 0 spiro atoms. The lowest BCUT2D eigenvalue weighted by molar-refractivity contribution is -0.142. The molecule has 12 nitrogen and oxygen atoms in total. The SMILES string of the molecule is C/C=S(/NC(=O)[C@@]12C[C@H]1/C=C\CC[C@@H](C)C[C@@H](CC)[C@H](NC(=O)OC(C)(C)C)C(=O)N1C[C@H](Oc3ncc(OCC)c4ccccc34)C[C@H]1C(=O)N2)C1CC1. The average Bonchev–Trinajstić information content (AvgIpc) is 4.07. The molecule has 2 saturated carbocycles. The van der Waals surface area contributed by atoms with E-state index in [0.29, 0.717) is 42.7 Å². The van der Waals surface area contributed by atoms with E-state index in [9.17, 15) is 19.2 Å². The average molecular weight is 778 g/mol. The first-order chi connectivity index (χ1) is 26.3. The Hall–Kier alpha value is -4.13. The minimum absolute atomic E-state index is 0.0804. The Kier molecular flexibility index (Phi) is 12.5. The number of carbonyl (C=O) groups excluding carboxylic acids is 4. The van der Waals surface area contributed by atoms with Crippen LogP contribution in [-0.4, -0.2) is 86.8 Å². The summed E-state index contributed by atoms with van der Waals surface area (Å²) in [5.74, 6) is -0.129. The van der Waals surface area contributed by atoms with Crippen LogP contribution in [0.5, 0.6) is 11.6 Å². The number of hydrogen-bond donors (Lipinski definition) is 3. The van der Waals surface area contributed by atoms with Gasteiger partial charge in [-0.1, -0.05) is 61.3 Å². The van der Waals surface area contributed by atoms with E-state index >= 15 is 0 Å². The normalized spacial score (nSPS) is 29.8. The summed E-state index contributed by atoms with van der Waals surface area (Å²) >= 11 is 0. The number of rotatable bonds is 9. The molecule has 8 atom stereocenters. The molecule has 3 heterocycles. The molecule has 4 aliphatic rings. The molecule has 300 valence electrons. The van der Waals surface area contributed by atoms with Gasteiger partial charge in [0.25, 0.3) is 5.91 Å². The fraction of sp³-hybridized carbons (Fsp3) is 0.619. The van der Waals surface area contributed by atoms with Gasteiger partial charge in [-0.25, -0.2) is 9.78 Å². The number of nitrogens with zero attached hydrogens (tertiary/aromatic N) is 2. The van der Waals surface area contributed by atoms with Crippen LogP contribution in [0.4, 0.5) is 4.79 Å². The maximum Gasteiger partial charge on any atom is 0.408 e. The summed E-state index contributed by atoms with van der Waals surface area (Å²) in [6, 6.07) is 5.75. The van der Waals surface area contributed by atoms with Crippen LogP contribution in [-0.2, 0) is 19.1 Å². The maximum atomic E-state index is 15.0. The lowest BCUT2D eigenvalue weighted by Crippen LogP contribution is -2.59. The van der Waals surface area contributed by atoms with E-state index in [1.165, 1.54) is 0 Å². The van der Waals surface area contributed by atoms with Crippen molar-refractivity contribution in [3.63, 3.8) is 0 Å². The summed E-state index contributed by atoms with van der Waals surface area (Å²) in [6.45, 7) is 14.0. The number of aromatic nitrogens is 1. The van der Waals surface area contributed by atoms with Gasteiger partial charge < -0.3 is 34.5 Å². The van der Waals surface area contributed by atoms with Crippen LogP contribution < -0.4 is 24.8 Å². The number of nitrogens with one attached hydrogen (secondary N) is 3. The van der Waals surface area contributed by atoms with E-state index in [2.05, 4.69) is 44.8 Å². The minimum Gasteiger partial charge on any atom is -0.492 e. The number of ether oxygens (including phenoxy) is 3. The Bertz CT molecular complexity index is 1820. The van der Waals surface area contributed by atoms with Crippen molar-refractivity contribution in [1.82, 2.24) is 25.2 Å². The molecule has 4 amide bonds. The van der Waals surface area contributed by atoms with Crippen LogP contribution in [0, 0.1) is 17.8 Å². The zero-order valence-corrected chi connectivity index (χ0v) is 34.2. The highest BCUT2D eigenvalue weighted by atomic mass is 32.2. The number of fused-ring (bicyclic) bond motifs is 3. The summed E-state index contributed by atoms with van der Waals surface area (Å²) in [7, 11) is -0.380. The molecule has 1 aromatic carbocycles. The Morgan fingerprint density at radius 3 is 2.53 bits per heavy atom. The number of allylic oxidation sites excluding steroid dienone is 1. The predicted molar refractivity (Wildman–Crippen MR) is 216 cm³/mol.